The van der Waals surface area contributed by atoms with Crippen LogP contribution in [0, 0.1) is 6.92 Å². The zero-order chi connectivity index (χ0) is 29.5. The summed E-state index contributed by atoms with van der Waals surface area (Å²) in [5.74, 6) is -1.30. The lowest BCUT2D eigenvalue weighted by Crippen LogP contribution is -2.24. The van der Waals surface area contributed by atoms with Crippen LogP contribution in [0.4, 0.5) is 8.78 Å². The molecule has 0 spiro atoms. The Morgan fingerprint density at radius 3 is 2.80 bits per heavy atom. The summed E-state index contributed by atoms with van der Waals surface area (Å²) in [6.07, 6.45) is 3.56. The molecule has 2 N–H and O–H groups in total. The van der Waals surface area contributed by atoms with Crippen molar-refractivity contribution in [2.45, 2.75) is 19.9 Å². The van der Waals surface area contributed by atoms with Gasteiger partial charge in [0.25, 0.3) is 0 Å². The van der Waals surface area contributed by atoms with E-state index < -0.39 is 11.9 Å². The van der Waals surface area contributed by atoms with E-state index >= 15 is 4.39 Å². The third kappa shape index (κ3) is 6.44. The van der Waals surface area contributed by atoms with E-state index in [9.17, 15) is 9.18 Å². The molecular formula is C29H28F2N6O3S. The van der Waals surface area contributed by atoms with Crippen molar-refractivity contribution in [1.82, 2.24) is 30.7 Å². The molecule has 0 bridgehead atoms. The van der Waals surface area contributed by atoms with Crippen LogP contribution < -0.4 is 5.32 Å². The number of thiophene rings is 1. The number of fused-ring (bicyclic) bond motifs is 1. The van der Waals surface area contributed by atoms with Gasteiger partial charge in [0.15, 0.2) is 0 Å². The number of halogens is 2. The number of allylic oxidation sites excluding steroid dienone is 3. The van der Waals surface area contributed by atoms with Crippen molar-refractivity contribution in [2.24, 2.45) is 0 Å². The molecule has 0 saturated carbocycles. The Labute approximate surface area is 239 Å². The second kappa shape index (κ2) is 13.2. The zero-order valence-electron chi connectivity index (χ0n) is 22.7. The van der Waals surface area contributed by atoms with Crippen molar-refractivity contribution >= 4 is 32.9 Å². The molecule has 9 nitrogen and oxygen atoms in total. The van der Waals surface area contributed by atoms with Crippen molar-refractivity contribution < 1.29 is 23.0 Å². The van der Waals surface area contributed by atoms with E-state index in [-0.39, 0.29) is 42.5 Å². The molecule has 41 heavy (non-hydrogen) atoms. The predicted octanol–water partition coefficient (Wildman–Crippen LogP) is 6.16. The maximum absolute atomic E-state index is 15.7. The van der Waals surface area contributed by atoms with Crippen molar-refractivity contribution in [2.75, 3.05) is 20.3 Å². The van der Waals surface area contributed by atoms with Crippen LogP contribution in [-0.4, -0.2) is 51.6 Å². The molecule has 212 valence electrons. The molecule has 0 unspecified atom stereocenters. The van der Waals surface area contributed by atoms with Gasteiger partial charge in [-0.15, -0.1) is 11.3 Å². The van der Waals surface area contributed by atoms with E-state index in [1.165, 1.54) is 24.5 Å². The van der Waals surface area contributed by atoms with Gasteiger partial charge in [0.05, 0.1) is 47.8 Å². The van der Waals surface area contributed by atoms with Crippen molar-refractivity contribution in [3.63, 3.8) is 0 Å². The predicted molar refractivity (Wildman–Crippen MR) is 155 cm³/mol. The van der Waals surface area contributed by atoms with E-state index in [0.29, 0.717) is 50.1 Å². The van der Waals surface area contributed by atoms with Crippen LogP contribution in [-0.2, 0) is 14.3 Å². The fraction of sp³-hybridized carbons (Fsp3) is 0.207. The van der Waals surface area contributed by atoms with Gasteiger partial charge in [0, 0.05) is 34.4 Å². The van der Waals surface area contributed by atoms with Gasteiger partial charge in [-0.3, -0.25) is 9.89 Å². The lowest BCUT2D eigenvalue weighted by molar-refractivity contribution is -0.117. The number of nitrogens with one attached hydrogen (secondary N) is 2. The molecule has 1 amide bonds. The number of rotatable bonds is 12. The van der Waals surface area contributed by atoms with Crippen LogP contribution in [0.3, 0.4) is 0 Å². The minimum absolute atomic E-state index is 0.0352. The topological polar surface area (TPSA) is 115 Å². The van der Waals surface area contributed by atoms with Crippen LogP contribution in [0.5, 0.6) is 0 Å². The first-order chi connectivity index (χ1) is 19.8. The number of pyridine rings is 1. The van der Waals surface area contributed by atoms with E-state index in [4.69, 9.17) is 14.5 Å². The molecule has 0 aliphatic rings. The maximum atomic E-state index is 15.7. The minimum atomic E-state index is -0.913. The average molecular weight is 579 g/mol. The molecule has 4 aromatic heterocycles. The summed E-state index contributed by atoms with van der Waals surface area (Å²) >= 11 is 1.35. The van der Waals surface area contributed by atoms with Crippen LogP contribution in [0.1, 0.15) is 29.9 Å². The Morgan fingerprint density at radius 1 is 1.29 bits per heavy atom. The maximum Gasteiger partial charge on any atom is 0.243 e. The third-order valence-corrected chi connectivity index (χ3v) is 6.98. The molecule has 4 heterocycles. The molecule has 0 aromatic carbocycles. The van der Waals surface area contributed by atoms with Crippen LogP contribution in [0.25, 0.3) is 38.3 Å². The van der Waals surface area contributed by atoms with Crippen molar-refractivity contribution in [1.29, 1.82) is 0 Å². The highest BCUT2D eigenvalue weighted by Gasteiger charge is 2.27. The highest BCUT2D eigenvalue weighted by atomic mass is 32.1. The van der Waals surface area contributed by atoms with E-state index in [0.717, 1.165) is 0 Å². The number of carbonyl (C=O) groups is 1. The lowest BCUT2D eigenvalue weighted by atomic mass is 9.96. The monoisotopic (exact) mass is 578 g/mol. The van der Waals surface area contributed by atoms with Gasteiger partial charge in [-0.05, 0) is 43.5 Å². The summed E-state index contributed by atoms with van der Waals surface area (Å²) in [5.41, 5.74) is 3.39. The second-order valence-corrected chi connectivity index (χ2v) is 9.77. The molecular weight excluding hydrogens is 550 g/mol. The summed E-state index contributed by atoms with van der Waals surface area (Å²) in [7, 11) is 1.51. The number of hydrogen-bond acceptors (Lipinski definition) is 8. The first-order valence-electron chi connectivity index (χ1n) is 12.5. The standard InChI is InChI=1S/C29H28F2N6O3S/c1-6-24(38)33-17(3)22-14-23(37-36-22)28-26(25(21(31)7-9-30)18(4)40-11-10-39-5)29-20(8-12-41-29)27(34-28)19-13-16(2)35-32-15-19/h6-9,12-15,17H,1,4,10-11H2,2-3,5H3,(H,33,38)(H,36,37)/b9-7+,25-21-/t17-/m1/s1. The molecule has 0 aliphatic carbocycles. The Bertz CT molecular complexity index is 1660. The van der Waals surface area contributed by atoms with Gasteiger partial charge >= 0.3 is 0 Å². The minimum Gasteiger partial charge on any atom is -0.491 e. The summed E-state index contributed by atoms with van der Waals surface area (Å²) in [4.78, 5) is 16.8. The number of amides is 1. The molecule has 4 aromatic rings. The van der Waals surface area contributed by atoms with Gasteiger partial charge in [-0.2, -0.15) is 15.3 Å². The number of carbonyl (C=O) groups excluding carboxylic acids is 1. The second-order valence-electron chi connectivity index (χ2n) is 8.86. The Hall–Kier alpha value is -4.55. The fourth-order valence-electron chi connectivity index (χ4n) is 4.15. The van der Waals surface area contributed by atoms with E-state index in [1.54, 1.807) is 19.2 Å². The SMILES string of the molecule is C=CC(=O)N[C@H](C)c1cc(-c2nc(-c3cnnc(C)c3)c3ccsc3c2/C(C(=C)OCCOC)=C(F)/C=C/F)n[nH]1. The first kappa shape index (κ1) is 29.4. The zero-order valence-corrected chi connectivity index (χ0v) is 23.5. The number of aryl methyl sites for hydroxylation is 1. The number of ether oxygens (including phenoxy) is 2. The van der Waals surface area contributed by atoms with Gasteiger partial charge in [-0.25, -0.2) is 13.8 Å². The Kier molecular flexibility index (Phi) is 9.48. The number of methoxy groups -OCH3 is 1. The molecule has 0 radical (unpaired) electrons. The van der Waals surface area contributed by atoms with E-state index in [2.05, 4.69) is 38.9 Å². The normalized spacial score (nSPS) is 12.8. The average Bonchev–Trinajstić information content (AvgIpc) is 3.64. The molecule has 0 aliphatic heterocycles. The van der Waals surface area contributed by atoms with Crippen molar-refractivity contribution in [3.05, 3.63) is 90.0 Å². The molecule has 12 heteroatoms. The largest absolute Gasteiger partial charge is 0.491 e. The third-order valence-electron chi connectivity index (χ3n) is 6.05. The molecule has 4 rings (SSSR count). The number of hydrogen-bond donors (Lipinski definition) is 2. The molecule has 0 saturated heterocycles. The fourth-order valence-corrected chi connectivity index (χ4v) is 5.09. The van der Waals surface area contributed by atoms with Gasteiger partial charge in [-0.1, -0.05) is 13.2 Å². The van der Waals surface area contributed by atoms with Crippen LogP contribution >= 0.6 is 11.3 Å². The number of H-pyrrole nitrogens is 1. The summed E-state index contributed by atoms with van der Waals surface area (Å²) in [6.45, 7) is 11.3. The lowest BCUT2D eigenvalue weighted by Gasteiger charge is -2.18. The highest BCUT2D eigenvalue weighted by Crippen LogP contribution is 2.44. The molecule has 0 fully saturated rings. The number of nitrogens with zero attached hydrogens (tertiary/aromatic N) is 4. The smallest absolute Gasteiger partial charge is 0.243 e. The van der Waals surface area contributed by atoms with Crippen LogP contribution in [0.2, 0.25) is 0 Å². The van der Waals surface area contributed by atoms with Crippen LogP contribution in [0.15, 0.2) is 73.0 Å². The number of aromatic nitrogens is 5. The highest BCUT2D eigenvalue weighted by molar-refractivity contribution is 7.17. The quantitative estimate of drug-likeness (QED) is 0.0896. The molecule has 1 atom stereocenters. The Morgan fingerprint density at radius 2 is 2.10 bits per heavy atom. The van der Waals surface area contributed by atoms with Gasteiger partial charge in [0.1, 0.15) is 29.6 Å². The van der Waals surface area contributed by atoms with Crippen molar-refractivity contribution in [3.8, 4) is 22.6 Å². The summed E-state index contributed by atoms with van der Waals surface area (Å²) < 4.78 is 40.4. The van der Waals surface area contributed by atoms with Gasteiger partial charge in [0.2, 0.25) is 5.91 Å². The summed E-state index contributed by atoms with van der Waals surface area (Å²) in [6, 6.07) is 4.96. The number of aromatic amines is 1. The van der Waals surface area contributed by atoms with Gasteiger partial charge < -0.3 is 14.8 Å². The first-order valence-corrected chi connectivity index (χ1v) is 13.3. The summed E-state index contributed by atoms with van der Waals surface area (Å²) in [5, 5.41) is 20.8. The van der Waals surface area contributed by atoms with E-state index in [1.807, 2.05) is 24.4 Å². The Balaban J connectivity index is 2.01.